The summed E-state index contributed by atoms with van der Waals surface area (Å²) in [5.41, 5.74) is 7.20. The van der Waals surface area contributed by atoms with Gasteiger partial charge in [-0.05, 0) is 106 Å². The topological polar surface area (TPSA) is 59.4 Å². The van der Waals surface area contributed by atoms with Crippen molar-refractivity contribution in [2.75, 3.05) is 0 Å². The number of rotatable bonds is 15. The van der Waals surface area contributed by atoms with Crippen molar-refractivity contribution >= 4 is 23.4 Å². The lowest BCUT2D eigenvalue weighted by Gasteiger charge is -2.28. The number of aliphatic imine (C=N–C) groups is 1. The summed E-state index contributed by atoms with van der Waals surface area (Å²) in [6.07, 6.45) is 24.1. The Morgan fingerprint density at radius 3 is 2.41 bits per heavy atom. The molecule has 1 aromatic heterocycles. The number of Topliss-reactive ketones (excluding diaryl/α,β-unsaturated/α-hetero) is 1. The molecule has 4 heteroatoms. The molecule has 1 aliphatic heterocycles. The minimum absolute atomic E-state index is 0.0494. The monoisotopic (exact) mass is 693 g/mol. The number of aryl methyl sites for hydroxylation is 2. The maximum Gasteiger partial charge on any atom is 0.164 e. The fourth-order valence-corrected chi connectivity index (χ4v) is 8.35. The predicted octanol–water partition coefficient (Wildman–Crippen LogP) is 12.6. The Hall–Kier alpha value is -3.40. The molecule has 3 aliphatic rings. The number of hydrogen-bond donors (Lipinski definition) is 0. The van der Waals surface area contributed by atoms with E-state index in [1.165, 1.54) is 67.9 Å². The number of allylic oxidation sites excluding steroid dienone is 4. The van der Waals surface area contributed by atoms with Gasteiger partial charge in [0.05, 0.1) is 0 Å². The lowest BCUT2D eigenvalue weighted by molar-refractivity contribution is -0.120. The van der Waals surface area contributed by atoms with Gasteiger partial charge in [-0.25, -0.2) is 0 Å². The van der Waals surface area contributed by atoms with Crippen LogP contribution >= 0.6 is 0 Å². The van der Waals surface area contributed by atoms with Crippen LogP contribution in [0, 0.1) is 41.9 Å². The van der Waals surface area contributed by atoms with Gasteiger partial charge in [-0.3, -0.25) is 19.6 Å². The highest BCUT2D eigenvalue weighted by Gasteiger charge is 2.59. The standard InChI is InChI=1S/C32H48N2O.C13H14O.C2H6/c1-6-26(31(35)30-23(4)34-29(7-2)28-20-32(28,30)5)17-13-22(3)27-12-8-10-24(16-18-27)14-15-25-11-9-19-33-21-25;1-3-13(14)6-4-5-12-9-7-11(2)8-10-12;1-2/h9,11,19,21-22,24,26-28H,6-8,10,12-18,20H2,1-5H3;3-5,7-10H,1,6H2,2H3;1-2H3/b;5-4-;/t22-,24?,26?,27?,28?,32?;;/m1../s1. The number of nitrogens with zero attached hydrogens (tertiary/aromatic N) is 2. The number of hydrogen-bond acceptors (Lipinski definition) is 4. The molecule has 0 N–H and O–H groups in total. The molecule has 0 saturated heterocycles. The molecule has 51 heavy (non-hydrogen) atoms. The first-order valence-corrected chi connectivity index (χ1v) is 20.2. The second-order valence-corrected chi connectivity index (χ2v) is 15.3. The largest absolute Gasteiger partial charge is 0.295 e. The van der Waals surface area contributed by atoms with Crippen LogP contribution in [0.3, 0.4) is 0 Å². The molecule has 1 aromatic carbocycles. The Morgan fingerprint density at radius 1 is 1.02 bits per heavy atom. The zero-order valence-corrected chi connectivity index (χ0v) is 33.3. The predicted molar refractivity (Wildman–Crippen MR) is 218 cm³/mol. The van der Waals surface area contributed by atoms with E-state index in [-0.39, 0.29) is 17.1 Å². The third-order valence-corrected chi connectivity index (χ3v) is 11.8. The summed E-state index contributed by atoms with van der Waals surface area (Å²) < 4.78 is 0. The van der Waals surface area contributed by atoms with Gasteiger partial charge in [0, 0.05) is 53.0 Å². The van der Waals surface area contributed by atoms with Crippen molar-refractivity contribution in [2.45, 2.75) is 139 Å². The van der Waals surface area contributed by atoms with Crippen LogP contribution in [0.25, 0.3) is 6.08 Å². The second-order valence-electron chi connectivity index (χ2n) is 15.3. The summed E-state index contributed by atoms with van der Waals surface area (Å²) in [5, 5.41) is 0. The third-order valence-electron chi connectivity index (χ3n) is 11.8. The molecule has 6 atom stereocenters. The quantitative estimate of drug-likeness (QED) is 0.138. The lowest BCUT2D eigenvalue weighted by Crippen LogP contribution is -2.27. The number of ketones is 2. The summed E-state index contributed by atoms with van der Waals surface area (Å²) in [6, 6.07) is 12.4. The Morgan fingerprint density at radius 2 is 1.76 bits per heavy atom. The fraction of sp³-hybridized carbons (Fsp3) is 0.574. The summed E-state index contributed by atoms with van der Waals surface area (Å²) in [4.78, 5) is 33.8. The Labute approximate surface area is 311 Å². The Bertz CT molecular complexity index is 1480. The molecule has 2 aromatic rings. The molecule has 2 heterocycles. The molecule has 278 valence electrons. The highest BCUT2D eigenvalue weighted by atomic mass is 16.1. The Kier molecular flexibility index (Phi) is 17.5. The highest BCUT2D eigenvalue weighted by molar-refractivity contribution is 6.04. The van der Waals surface area contributed by atoms with Gasteiger partial charge in [0.2, 0.25) is 0 Å². The smallest absolute Gasteiger partial charge is 0.164 e. The van der Waals surface area contributed by atoms with Gasteiger partial charge in [0.1, 0.15) is 0 Å². The minimum Gasteiger partial charge on any atom is -0.295 e. The average Bonchev–Trinajstić information content (AvgIpc) is 3.90. The zero-order valence-electron chi connectivity index (χ0n) is 33.3. The number of aromatic nitrogens is 1. The third kappa shape index (κ3) is 12.4. The van der Waals surface area contributed by atoms with Crippen molar-refractivity contribution in [1.82, 2.24) is 4.98 Å². The van der Waals surface area contributed by atoms with Crippen molar-refractivity contribution in [3.8, 4) is 0 Å². The van der Waals surface area contributed by atoms with Gasteiger partial charge in [0.15, 0.2) is 11.6 Å². The van der Waals surface area contributed by atoms with Gasteiger partial charge in [-0.15, -0.1) is 0 Å². The van der Waals surface area contributed by atoms with Gasteiger partial charge in [-0.1, -0.05) is 122 Å². The first-order valence-electron chi connectivity index (χ1n) is 20.2. The van der Waals surface area contributed by atoms with Crippen LogP contribution in [-0.2, 0) is 16.0 Å². The highest BCUT2D eigenvalue weighted by Crippen LogP contribution is 2.62. The van der Waals surface area contributed by atoms with Crippen LogP contribution in [0.1, 0.15) is 142 Å². The molecule has 0 spiro atoms. The van der Waals surface area contributed by atoms with Crippen LogP contribution < -0.4 is 0 Å². The van der Waals surface area contributed by atoms with E-state index in [1.807, 2.05) is 50.5 Å². The Balaban J connectivity index is 0.000000368. The second kappa shape index (κ2) is 21.2. The van der Waals surface area contributed by atoms with E-state index in [0.29, 0.717) is 24.0 Å². The van der Waals surface area contributed by atoms with Crippen molar-refractivity contribution in [1.29, 1.82) is 0 Å². The average molecular weight is 693 g/mol. The first-order chi connectivity index (χ1) is 24.6. The van der Waals surface area contributed by atoms with E-state index in [0.717, 1.165) is 60.8 Å². The summed E-state index contributed by atoms with van der Waals surface area (Å²) >= 11 is 0. The van der Waals surface area contributed by atoms with Gasteiger partial charge < -0.3 is 0 Å². The van der Waals surface area contributed by atoms with Crippen LogP contribution in [-0.4, -0.2) is 22.3 Å². The van der Waals surface area contributed by atoms with Gasteiger partial charge in [-0.2, -0.15) is 0 Å². The summed E-state index contributed by atoms with van der Waals surface area (Å²) in [5.74, 6) is 3.54. The SMILES string of the molecule is C=CC(=O)C/C=C\c1ccc(C)cc1.CC.CCC1=NC(C)=C(C(=O)C(CC)CC[C@@H](C)C2CCCC(CCc3cccnc3)CC2)C2(C)CC12. The van der Waals surface area contributed by atoms with E-state index in [1.54, 1.807) is 0 Å². The van der Waals surface area contributed by atoms with E-state index in [9.17, 15) is 9.59 Å². The number of pyridine rings is 1. The van der Waals surface area contributed by atoms with Crippen LogP contribution in [0.15, 0.2) is 83.8 Å². The minimum atomic E-state index is 0.0494. The number of carbonyl (C=O) groups is 2. The van der Waals surface area contributed by atoms with Crippen molar-refractivity contribution < 1.29 is 9.59 Å². The van der Waals surface area contributed by atoms with Crippen molar-refractivity contribution in [2.24, 2.45) is 40.0 Å². The fourth-order valence-electron chi connectivity index (χ4n) is 8.35. The maximum absolute atomic E-state index is 13.7. The molecular formula is C47H68N2O2. The normalized spacial score (nSPS) is 23.7. The maximum atomic E-state index is 13.7. The molecular weight excluding hydrogens is 625 g/mol. The van der Waals surface area contributed by atoms with Crippen LogP contribution in [0.5, 0.6) is 0 Å². The molecule has 0 bridgehead atoms. The number of benzene rings is 1. The van der Waals surface area contributed by atoms with E-state index in [2.05, 4.69) is 77.4 Å². The molecule has 2 fully saturated rings. The number of carbonyl (C=O) groups excluding carboxylic acids is 2. The van der Waals surface area contributed by atoms with E-state index < -0.39 is 0 Å². The lowest BCUT2D eigenvalue weighted by atomic mass is 9.77. The summed E-state index contributed by atoms with van der Waals surface area (Å²) in [7, 11) is 0. The molecule has 4 nitrogen and oxygen atoms in total. The molecule has 2 saturated carbocycles. The van der Waals surface area contributed by atoms with Gasteiger partial charge in [0.25, 0.3) is 0 Å². The van der Waals surface area contributed by atoms with Gasteiger partial charge >= 0.3 is 0 Å². The van der Waals surface area contributed by atoms with Crippen molar-refractivity contribution in [3.63, 3.8) is 0 Å². The molecule has 0 radical (unpaired) electrons. The first kappa shape index (κ1) is 42.0. The molecule has 2 aliphatic carbocycles. The van der Waals surface area contributed by atoms with Crippen molar-refractivity contribution in [3.05, 3.63) is 95.5 Å². The zero-order chi connectivity index (χ0) is 37.4. The number of fused-ring (bicyclic) bond motifs is 1. The molecule has 5 rings (SSSR count). The van der Waals surface area contributed by atoms with Crippen LogP contribution in [0.2, 0.25) is 0 Å². The summed E-state index contributed by atoms with van der Waals surface area (Å²) in [6.45, 7) is 20.7. The van der Waals surface area contributed by atoms with Crippen LogP contribution in [0.4, 0.5) is 0 Å². The molecule has 5 unspecified atom stereocenters. The van der Waals surface area contributed by atoms with E-state index >= 15 is 0 Å². The molecule has 0 amide bonds. The van der Waals surface area contributed by atoms with E-state index in [4.69, 9.17) is 4.99 Å².